The largest absolute Gasteiger partial charge is 0.477 e. The van der Waals surface area contributed by atoms with Gasteiger partial charge in [-0.15, -0.1) is 0 Å². The molecular weight excluding hydrogens is 302 g/mol. The maximum absolute atomic E-state index is 12.2. The molecule has 4 nitrogen and oxygen atoms in total. The molecule has 0 unspecified atom stereocenters. The Morgan fingerprint density at radius 3 is 2.25 bits per heavy atom. The van der Waals surface area contributed by atoms with Crippen molar-refractivity contribution < 1.29 is 14.7 Å². The molecule has 0 aliphatic carbocycles. The molecule has 0 bridgehead atoms. The topological polar surface area (TPSA) is 66.4 Å². The molecule has 0 aliphatic rings. The molecule has 3 aromatic rings. The van der Waals surface area contributed by atoms with Crippen LogP contribution in [0.5, 0.6) is 0 Å². The Kier molecular flexibility index (Phi) is 4.38. The van der Waals surface area contributed by atoms with Gasteiger partial charge < -0.3 is 10.4 Å². The second kappa shape index (κ2) is 6.79. The maximum atomic E-state index is 12.2. The highest BCUT2D eigenvalue weighted by Gasteiger charge is 2.13. The minimum Gasteiger partial charge on any atom is -0.477 e. The van der Waals surface area contributed by atoms with E-state index in [9.17, 15) is 14.7 Å². The minimum atomic E-state index is -1.19. The molecule has 0 saturated heterocycles. The fourth-order valence-electron chi connectivity index (χ4n) is 2.47. The van der Waals surface area contributed by atoms with Crippen LogP contribution >= 0.6 is 0 Å². The molecule has 0 atom stereocenters. The molecule has 2 N–H and O–H groups in total. The van der Waals surface area contributed by atoms with Gasteiger partial charge in [-0.25, -0.2) is 4.79 Å². The quantitative estimate of drug-likeness (QED) is 0.721. The lowest BCUT2D eigenvalue weighted by Crippen LogP contribution is -2.27. The minimum absolute atomic E-state index is 0.166. The van der Waals surface area contributed by atoms with Crippen molar-refractivity contribution in [2.75, 3.05) is 0 Å². The summed E-state index contributed by atoms with van der Waals surface area (Å²) in [5.74, 6) is -1.64. The van der Waals surface area contributed by atoms with Crippen LogP contribution in [0.4, 0.5) is 0 Å². The number of fused-ring (bicyclic) bond motifs is 1. The number of hydrogen-bond donors (Lipinski definition) is 2. The van der Waals surface area contributed by atoms with Crippen molar-refractivity contribution in [2.45, 2.75) is 0 Å². The zero-order valence-electron chi connectivity index (χ0n) is 12.8. The molecule has 0 aromatic heterocycles. The van der Waals surface area contributed by atoms with Crippen LogP contribution in [0, 0.1) is 0 Å². The predicted molar refractivity (Wildman–Crippen MR) is 93.5 cm³/mol. The van der Waals surface area contributed by atoms with Gasteiger partial charge in [0.25, 0.3) is 5.91 Å². The molecule has 3 rings (SSSR count). The van der Waals surface area contributed by atoms with Crippen molar-refractivity contribution in [3.05, 3.63) is 89.6 Å². The van der Waals surface area contributed by atoms with Crippen LogP contribution in [0.25, 0.3) is 16.8 Å². The smallest absolute Gasteiger partial charge is 0.352 e. The van der Waals surface area contributed by atoms with Gasteiger partial charge in [0.2, 0.25) is 0 Å². The fourth-order valence-corrected chi connectivity index (χ4v) is 2.47. The number of nitrogens with one attached hydrogen (secondary N) is 1. The SMILES string of the molecule is O=C(O)C(=Cc1cccc2ccccc12)NC(=O)c1ccccc1. The van der Waals surface area contributed by atoms with E-state index in [1.54, 1.807) is 30.3 Å². The van der Waals surface area contributed by atoms with Gasteiger partial charge in [-0.3, -0.25) is 4.79 Å². The summed E-state index contributed by atoms with van der Waals surface area (Å²) >= 11 is 0. The lowest BCUT2D eigenvalue weighted by atomic mass is 10.0. The number of carbonyl (C=O) groups is 2. The van der Waals surface area contributed by atoms with Gasteiger partial charge in [-0.1, -0.05) is 60.7 Å². The van der Waals surface area contributed by atoms with Crippen LogP contribution in [0.15, 0.2) is 78.5 Å². The Balaban J connectivity index is 1.97. The van der Waals surface area contributed by atoms with E-state index in [4.69, 9.17) is 0 Å². The summed E-state index contributed by atoms with van der Waals surface area (Å²) in [6.07, 6.45) is 1.48. The van der Waals surface area contributed by atoms with Gasteiger partial charge in [0.05, 0.1) is 0 Å². The molecule has 24 heavy (non-hydrogen) atoms. The standard InChI is InChI=1S/C20H15NO3/c22-19(15-8-2-1-3-9-15)21-18(20(23)24)13-16-11-6-10-14-7-4-5-12-17(14)16/h1-13H,(H,21,22)(H,23,24). The van der Waals surface area contributed by atoms with Gasteiger partial charge in [-0.05, 0) is 34.5 Å². The first kappa shape index (κ1) is 15.5. The first-order valence-corrected chi connectivity index (χ1v) is 7.44. The molecule has 1 amide bonds. The fraction of sp³-hybridized carbons (Fsp3) is 0. The molecule has 0 saturated carbocycles. The van der Waals surface area contributed by atoms with E-state index in [0.717, 1.165) is 16.3 Å². The Morgan fingerprint density at radius 1 is 0.833 bits per heavy atom. The van der Waals surface area contributed by atoms with Crippen LogP contribution in [0.1, 0.15) is 15.9 Å². The summed E-state index contributed by atoms with van der Waals surface area (Å²) in [5, 5.41) is 13.8. The van der Waals surface area contributed by atoms with Crippen molar-refractivity contribution in [1.29, 1.82) is 0 Å². The second-order valence-electron chi connectivity index (χ2n) is 5.25. The Morgan fingerprint density at radius 2 is 1.50 bits per heavy atom. The number of rotatable bonds is 4. The van der Waals surface area contributed by atoms with Gasteiger partial charge >= 0.3 is 5.97 Å². The van der Waals surface area contributed by atoms with Crippen LogP contribution in [0.3, 0.4) is 0 Å². The van der Waals surface area contributed by atoms with E-state index in [-0.39, 0.29) is 5.70 Å². The summed E-state index contributed by atoms with van der Waals surface area (Å²) in [6, 6.07) is 21.8. The van der Waals surface area contributed by atoms with E-state index in [1.807, 2.05) is 42.5 Å². The number of carbonyl (C=O) groups excluding carboxylic acids is 1. The third kappa shape index (κ3) is 3.33. The van der Waals surface area contributed by atoms with Crippen LogP contribution in [0.2, 0.25) is 0 Å². The van der Waals surface area contributed by atoms with Crippen molar-refractivity contribution in [2.24, 2.45) is 0 Å². The summed E-state index contributed by atoms with van der Waals surface area (Å²) in [7, 11) is 0. The van der Waals surface area contributed by atoms with E-state index in [0.29, 0.717) is 5.56 Å². The molecule has 0 radical (unpaired) electrons. The number of carboxylic acid groups (broad SMARTS) is 1. The monoisotopic (exact) mass is 317 g/mol. The highest BCUT2D eigenvalue weighted by molar-refractivity contribution is 6.04. The van der Waals surface area contributed by atoms with Crippen LogP contribution in [-0.2, 0) is 4.79 Å². The van der Waals surface area contributed by atoms with Gasteiger partial charge in [0.15, 0.2) is 0 Å². The zero-order chi connectivity index (χ0) is 16.9. The van der Waals surface area contributed by atoms with Gasteiger partial charge in [-0.2, -0.15) is 0 Å². The summed E-state index contributed by atoms with van der Waals surface area (Å²) in [5.41, 5.74) is 0.974. The summed E-state index contributed by atoms with van der Waals surface area (Å²) in [4.78, 5) is 23.7. The Bertz CT molecular complexity index is 925. The Labute approximate surface area is 139 Å². The van der Waals surface area contributed by atoms with Crippen molar-refractivity contribution in [3.63, 3.8) is 0 Å². The Hall–Kier alpha value is -3.40. The van der Waals surface area contributed by atoms with Crippen molar-refractivity contribution in [3.8, 4) is 0 Å². The molecule has 0 fully saturated rings. The highest BCUT2D eigenvalue weighted by atomic mass is 16.4. The first-order chi connectivity index (χ1) is 11.6. The number of benzene rings is 3. The number of carboxylic acids is 1. The van der Waals surface area contributed by atoms with E-state index >= 15 is 0 Å². The average molecular weight is 317 g/mol. The second-order valence-corrected chi connectivity index (χ2v) is 5.25. The maximum Gasteiger partial charge on any atom is 0.352 e. The highest BCUT2D eigenvalue weighted by Crippen LogP contribution is 2.20. The molecule has 4 heteroatoms. The number of aliphatic carboxylic acids is 1. The van der Waals surface area contributed by atoms with E-state index in [2.05, 4.69) is 5.32 Å². The van der Waals surface area contributed by atoms with Crippen molar-refractivity contribution in [1.82, 2.24) is 5.32 Å². The molecule has 0 heterocycles. The lowest BCUT2D eigenvalue weighted by molar-refractivity contribution is -0.132. The zero-order valence-corrected chi connectivity index (χ0v) is 12.8. The molecular formula is C20H15NO3. The predicted octanol–water partition coefficient (Wildman–Crippen LogP) is 3.70. The summed E-state index contributed by atoms with van der Waals surface area (Å²) < 4.78 is 0. The van der Waals surface area contributed by atoms with E-state index < -0.39 is 11.9 Å². The molecule has 0 spiro atoms. The average Bonchev–Trinajstić information content (AvgIpc) is 2.62. The van der Waals surface area contributed by atoms with Crippen LogP contribution < -0.4 is 5.32 Å². The molecule has 0 aliphatic heterocycles. The van der Waals surface area contributed by atoms with E-state index in [1.165, 1.54) is 6.08 Å². The van der Waals surface area contributed by atoms with Gasteiger partial charge in [0.1, 0.15) is 5.70 Å². The lowest BCUT2D eigenvalue weighted by Gasteiger charge is -2.08. The van der Waals surface area contributed by atoms with Crippen molar-refractivity contribution >= 4 is 28.7 Å². The first-order valence-electron chi connectivity index (χ1n) is 7.44. The van der Waals surface area contributed by atoms with Gasteiger partial charge in [0, 0.05) is 5.56 Å². The number of amides is 1. The van der Waals surface area contributed by atoms with Crippen LogP contribution in [-0.4, -0.2) is 17.0 Å². The number of hydrogen-bond acceptors (Lipinski definition) is 2. The molecule has 3 aromatic carbocycles. The third-order valence-corrected chi connectivity index (χ3v) is 3.64. The summed E-state index contributed by atoms with van der Waals surface area (Å²) in [6.45, 7) is 0. The third-order valence-electron chi connectivity index (χ3n) is 3.64. The normalized spacial score (nSPS) is 11.2. The molecule has 118 valence electrons.